The van der Waals surface area contributed by atoms with Crippen LogP contribution in [0.1, 0.15) is 140 Å². The topological polar surface area (TPSA) is 18.5 Å². The zero-order valence-corrected chi connectivity index (χ0v) is 26.9. The Kier molecular flexibility index (Phi) is 19.2. The van der Waals surface area contributed by atoms with Gasteiger partial charge in [0.1, 0.15) is 12.4 Å². The van der Waals surface area contributed by atoms with E-state index in [1.807, 2.05) is 30.3 Å². The van der Waals surface area contributed by atoms with Crippen molar-refractivity contribution < 1.29 is 9.47 Å². The molecule has 0 N–H and O–H groups in total. The van der Waals surface area contributed by atoms with Gasteiger partial charge in [0.2, 0.25) is 0 Å². The Morgan fingerprint density at radius 1 is 0.575 bits per heavy atom. The van der Waals surface area contributed by atoms with Crippen molar-refractivity contribution >= 4 is 11.6 Å². The first-order chi connectivity index (χ1) is 19.5. The summed E-state index contributed by atoms with van der Waals surface area (Å²) in [7, 11) is 0. The molecule has 0 saturated carbocycles. The molecule has 2 nitrogen and oxygen atoms in total. The molecule has 2 rings (SSSR count). The van der Waals surface area contributed by atoms with Crippen LogP contribution in [0.25, 0.3) is 0 Å². The predicted molar refractivity (Wildman–Crippen MR) is 175 cm³/mol. The Hall–Kier alpha value is -1.51. The normalized spacial score (nSPS) is 11.7. The summed E-state index contributed by atoms with van der Waals surface area (Å²) in [6.07, 6.45) is 24.5. The lowest BCUT2D eigenvalue weighted by atomic mass is 9.89. The zero-order valence-electron chi connectivity index (χ0n) is 26.2. The molecule has 0 unspecified atom stereocenters. The van der Waals surface area contributed by atoms with Gasteiger partial charge in [-0.2, -0.15) is 0 Å². The van der Waals surface area contributed by atoms with Gasteiger partial charge in [-0.25, -0.2) is 0 Å². The van der Waals surface area contributed by atoms with E-state index in [9.17, 15) is 0 Å². The molecule has 2 aromatic rings. The van der Waals surface area contributed by atoms with Crippen LogP contribution in [0.2, 0.25) is 0 Å². The number of para-hydroxylation sites is 1. The van der Waals surface area contributed by atoms with E-state index in [4.69, 9.17) is 21.1 Å². The van der Waals surface area contributed by atoms with E-state index in [2.05, 4.69) is 39.0 Å². The lowest BCUT2D eigenvalue weighted by Gasteiger charge is -2.23. The highest BCUT2D eigenvalue weighted by atomic mass is 35.5. The smallest absolute Gasteiger partial charge is 0.119 e. The molecule has 0 aliphatic carbocycles. The summed E-state index contributed by atoms with van der Waals surface area (Å²) in [6, 6.07) is 16.6. The number of alkyl halides is 1. The summed E-state index contributed by atoms with van der Waals surface area (Å²) in [5.41, 5.74) is 4.07. The van der Waals surface area contributed by atoms with Crippen molar-refractivity contribution in [3.05, 3.63) is 65.2 Å². The summed E-state index contributed by atoms with van der Waals surface area (Å²) in [5.74, 6) is 0.890. The molecule has 3 heteroatoms. The number of halogens is 1. The third-order valence-corrected chi connectivity index (χ3v) is 8.15. The maximum absolute atomic E-state index is 6.81. The van der Waals surface area contributed by atoms with Gasteiger partial charge in [0.15, 0.2) is 0 Å². The standard InChI is InChI=1S/C37H59ClO2/c1-4-5-6-7-8-9-10-11-12-13-14-15-16-17-18-20-24-33-25-23-28-36(37(2,3)38)35(33)29-30-39-31-32-40-34-26-21-19-22-27-34/h19,21-23,25-28H,4-18,20,24,29-32H2,1-3H3. The van der Waals surface area contributed by atoms with Crippen molar-refractivity contribution in [2.45, 2.75) is 141 Å². The predicted octanol–water partition coefficient (Wildman–Crippen LogP) is 11.6. The van der Waals surface area contributed by atoms with E-state index in [1.165, 1.54) is 119 Å². The molecule has 226 valence electrons. The lowest BCUT2D eigenvalue weighted by Crippen LogP contribution is -2.16. The third kappa shape index (κ3) is 16.1. The summed E-state index contributed by atoms with van der Waals surface area (Å²) in [6.45, 7) is 8.34. The first-order valence-electron chi connectivity index (χ1n) is 16.6. The fourth-order valence-electron chi connectivity index (χ4n) is 5.60. The molecule has 0 heterocycles. The van der Waals surface area contributed by atoms with Crippen LogP contribution in [-0.4, -0.2) is 19.8 Å². The minimum absolute atomic E-state index is 0.379. The molecule has 0 aliphatic heterocycles. The largest absolute Gasteiger partial charge is 0.491 e. The van der Waals surface area contributed by atoms with Crippen LogP contribution in [0.4, 0.5) is 0 Å². The van der Waals surface area contributed by atoms with Gasteiger partial charge in [-0.05, 0) is 61.9 Å². The van der Waals surface area contributed by atoms with E-state index >= 15 is 0 Å². The Morgan fingerprint density at radius 3 is 1.68 bits per heavy atom. The van der Waals surface area contributed by atoms with E-state index in [0.29, 0.717) is 19.8 Å². The quantitative estimate of drug-likeness (QED) is 0.0872. The molecule has 0 aliphatic rings. The van der Waals surface area contributed by atoms with E-state index in [0.717, 1.165) is 18.6 Å². The highest BCUT2D eigenvalue weighted by molar-refractivity contribution is 6.23. The third-order valence-electron chi connectivity index (χ3n) is 7.95. The van der Waals surface area contributed by atoms with Crippen molar-refractivity contribution in [1.29, 1.82) is 0 Å². The van der Waals surface area contributed by atoms with Gasteiger partial charge in [0.25, 0.3) is 0 Å². The summed E-state index contributed by atoms with van der Waals surface area (Å²) < 4.78 is 11.7. The fourth-order valence-corrected chi connectivity index (χ4v) is 5.77. The van der Waals surface area contributed by atoms with Gasteiger partial charge in [-0.1, -0.05) is 140 Å². The highest BCUT2D eigenvalue weighted by Gasteiger charge is 2.22. The average molecular weight is 571 g/mol. The van der Waals surface area contributed by atoms with Gasteiger partial charge in [-0.3, -0.25) is 0 Å². The van der Waals surface area contributed by atoms with Crippen molar-refractivity contribution in [2.24, 2.45) is 0 Å². The first-order valence-corrected chi connectivity index (χ1v) is 17.0. The first kappa shape index (κ1) is 34.7. The average Bonchev–Trinajstić information content (AvgIpc) is 2.95. The van der Waals surface area contributed by atoms with Gasteiger partial charge in [-0.15, -0.1) is 11.6 Å². The molecule has 0 fully saturated rings. The van der Waals surface area contributed by atoms with Crippen LogP contribution >= 0.6 is 11.6 Å². The van der Waals surface area contributed by atoms with E-state index < -0.39 is 0 Å². The SMILES string of the molecule is CCCCCCCCCCCCCCCCCCc1cccc(C(C)(C)Cl)c1CCOCCOc1ccccc1. The van der Waals surface area contributed by atoms with Crippen molar-refractivity contribution in [3.8, 4) is 5.75 Å². The van der Waals surface area contributed by atoms with E-state index in [-0.39, 0.29) is 4.87 Å². The molecular formula is C37H59ClO2. The number of benzene rings is 2. The number of hydrogen-bond acceptors (Lipinski definition) is 2. The van der Waals surface area contributed by atoms with Crippen LogP contribution in [-0.2, 0) is 22.5 Å². The van der Waals surface area contributed by atoms with Crippen LogP contribution in [0, 0.1) is 0 Å². The summed E-state index contributed by atoms with van der Waals surface area (Å²) in [5, 5.41) is 0. The number of aryl methyl sites for hydroxylation is 1. The molecular weight excluding hydrogens is 512 g/mol. The van der Waals surface area contributed by atoms with Crippen LogP contribution in [0.5, 0.6) is 5.75 Å². The number of rotatable bonds is 25. The fraction of sp³-hybridized carbons (Fsp3) is 0.676. The second-order valence-corrected chi connectivity index (χ2v) is 12.9. The van der Waals surface area contributed by atoms with E-state index in [1.54, 1.807) is 0 Å². The Bertz CT molecular complexity index is 858. The van der Waals surface area contributed by atoms with Crippen molar-refractivity contribution in [3.63, 3.8) is 0 Å². The Morgan fingerprint density at radius 2 is 1.12 bits per heavy atom. The Labute approximate surface area is 252 Å². The van der Waals surface area contributed by atoms with Gasteiger partial charge in [0, 0.05) is 0 Å². The minimum atomic E-state index is -0.379. The van der Waals surface area contributed by atoms with Gasteiger partial charge >= 0.3 is 0 Å². The van der Waals surface area contributed by atoms with Crippen LogP contribution in [0.3, 0.4) is 0 Å². The second kappa shape index (κ2) is 22.1. The lowest BCUT2D eigenvalue weighted by molar-refractivity contribution is 0.102. The van der Waals surface area contributed by atoms with Crippen LogP contribution < -0.4 is 4.74 Å². The molecule has 0 amide bonds. The van der Waals surface area contributed by atoms with Gasteiger partial charge in [0.05, 0.1) is 18.1 Å². The van der Waals surface area contributed by atoms with Crippen molar-refractivity contribution in [2.75, 3.05) is 19.8 Å². The minimum Gasteiger partial charge on any atom is -0.491 e. The molecule has 0 atom stereocenters. The summed E-state index contributed by atoms with van der Waals surface area (Å²) in [4.78, 5) is -0.379. The molecule has 0 radical (unpaired) electrons. The Balaban J connectivity index is 1.58. The molecule has 0 spiro atoms. The molecule has 40 heavy (non-hydrogen) atoms. The maximum atomic E-state index is 6.81. The highest BCUT2D eigenvalue weighted by Crippen LogP contribution is 2.33. The summed E-state index contributed by atoms with van der Waals surface area (Å²) >= 11 is 6.81. The molecule has 0 bridgehead atoms. The molecule has 0 saturated heterocycles. The second-order valence-electron chi connectivity index (χ2n) is 12.0. The number of hydrogen-bond donors (Lipinski definition) is 0. The number of ether oxygens (including phenoxy) is 2. The maximum Gasteiger partial charge on any atom is 0.119 e. The monoisotopic (exact) mass is 570 g/mol. The van der Waals surface area contributed by atoms with Crippen molar-refractivity contribution in [1.82, 2.24) is 0 Å². The van der Waals surface area contributed by atoms with Gasteiger partial charge < -0.3 is 9.47 Å². The van der Waals surface area contributed by atoms with Crippen LogP contribution in [0.15, 0.2) is 48.5 Å². The molecule has 0 aromatic heterocycles. The number of unbranched alkanes of at least 4 members (excludes halogenated alkanes) is 15. The molecule has 2 aromatic carbocycles. The zero-order chi connectivity index (χ0) is 28.7.